The molecule has 1 heterocycles. The van der Waals surface area contributed by atoms with E-state index in [4.69, 9.17) is 5.73 Å². The van der Waals surface area contributed by atoms with Crippen LogP contribution >= 0.6 is 0 Å². The molecule has 1 aromatic heterocycles. The van der Waals surface area contributed by atoms with Gasteiger partial charge in [-0.3, -0.25) is 4.68 Å². The van der Waals surface area contributed by atoms with Crippen LogP contribution < -0.4 is 5.73 Å². The highest BCUT2D eigenvalue weighted by molar-refractivity contribution is 5.95. The van der Waals surface area contributed by atoms with E-state index in [0.29, 0.717) is 0 Å². The first-order chi connectivity index (χ1) is 8.65. The summed E-state index contributed by atoms with van der Waals surface area (Å²) in [5.41, 5.74) is 11.1. The number of fused-ring (bicyclic) bond motifs is 1. The number of nitrogen functional groups attached to an aromatic ring is 1. The summed E-state index contributed by atoms with van der Waals surface area (Å²) in [5.74, 6) is 0. The number of hydrogen-bond acceptors (Lipinski definition) is 2. The van der Waals surface area contributed by atoms with Crippen molar-refractivity contribution in [3.63, 3.8) is 0 Å². The molecule has 0 unspecified atom stereocenters. The molecule has 0 spiro atoms. The Balaban J connectivity index is 2.30. The van der Waals surface area contributed by atoms with Crippen LogP contribution in [0.15, 0.2) is 42.5 Å². The Hall–Kier alpha value is -2.29. The van der Waals surface area contributed by atoms with Crippen LogP contribution in [0.3, 0.4) is 0 Å². The number of benzene rings is 2. The minimum absolute atomic E-state index is 0.767. The van der Waals surface area contributed by atoms with Gasteiger partial charge in [0.05, 0.1) is 11.2 Å². The minimum atomic E-state index is 0.767. The van der Waals surface area contributed by atoms with Gasteiger partial charge in [-0.1, -0.05) is 29.8 Å². The van der Waals surface area contributed by atoms with Gasteiger partial charge in [0.25, 0.3) is 0 Å². The van der Waals surface area contributed by atoms with E-state index in [2.05, 4.69) is 36.3 Å². The molecular weight excluding hydrogens is 222 g/mol. The van der Waals surface area contributed by atoms with Crippen LogP contribution in [-0.2, 0) is 7.05 Å². The molecule has 3 heteroatoms. The number of hydrogen-bond donors (Lipinski definition) is 1. The Morgan fingerprint density at radius 2 is 1.78 bits per heavy atom. The lowest BCUT2D eigenvalue weighted by molar-refractivity contribution is 0.788. The Bertz CT molecular complexity index is 708. The molecule has 2 aromatic carbocycles. The first kappa shape index (κ1) is 10.8. The number of anilines is 1. The number of aromatic nitrogens is 2. The Morgan fingerprint density at radius 3 is 2.50 bits per heavy atom. The molecule has 3 nitrogen and oxygen atoms in total. The third-order valence-corrected chi connectivity index (χ3v) is 3.18. The van der Waals surface area contributed by atoms with Gasteiger partial charge in [-0.25, -0.2) is 0 Å². The number of aryl methyl sites for hydroxylation is 2. The molecule has 0 aliphatic carbocycles. The summed E-state index contributed by atoms with van der Waals surface area (Å²) in [7, 11) is 1.96. The molecule has 90 valence electrons. The van der Waals surface area contributed by atoms with Crippen LogP contribution in [0.4, 0.5) is 5.69 Å². The molecule has 2 N–H and O–H groups in total. The largest absolute Gasteiger partial charge is 0.399 e. The van der Waals surface area contributed by atoms with Crippen LogP contribution in [-0.4, -0.2) is 9.78 Å². The lowest BCUT2D eigenvalue weighted by atomic mass is 10.1. The van der Waals surface area contributed by atoms with Gasteiger partial charge in [0, 0.05) is 23.7 Å². The third kappa shape index (κ3) is 1.64. The van der Waals surface area contributed by atoms with Crippen molar-refractivity contribution in [3.8, 4) is 11.3 Å². The number of nitrogens with zero attached hydrogens (tertiary/aromatic N) is 2. The maximum atomic E-state index is 5.87. The van der Waals surface area contributed by atoms with Gasteiger partial charge < -0.3 is 5.73 Å². The van der Waals surface area contributed by atoms with Crippen molar-refractivity contribution in [2.75, 3.05) is 5.73 Å². The first-order valence-corrected chi connectivity index (χ1v) is 5.94. The molecule has 3 aromatic rings. The second-order valence-electron chi connectivity index (χ2n) is 4.61. The van der Waals surface area contributed by atoms with Crippen molar-refractivity contribution in [3.05, 3.63) is 48.0 Å². The van der Waals surface area contributed by atoms with Gasteiger partial charge in [-0.15, -0.1) is 0 Å². The molecule has 0 saturated heterocycles. The van der Waals surface area contributed by atoms with Gasteiger partial charge in [0.15, 0.2) is 0 Å². The molecule has 0 fully saturated rings. The first-order valence-electron chi connectivity index (χ1n) is 5.94. The van der Waals surface area contributed by atoms with Crippen molar-refractivity contribution >= 4 is 16.6 Å². The van der Waals surface area contributed by atoms with Crippen LogP contribution in [0, 0.1) is 6.92 Å². The lowest BCUT2D eigenvalue weighted by Gasteiger charge is -2.04. The predicted molar refractivity (Wildman–Crippen MR) is 75.3 cm³/mol. The monoisotopic (exact) mass is 237 g/mol. The summed E-state index contributed by atoms with van der Waals surface area (Å²) in [6.45, 7) is 2.09. The molecular formula is C15H15N3. The second kappa shape index (κ2) is 3.88. The van der Waals surface area contributed by atoms with Crippen LogP contribution in [0.1, 0.15) is 5.56 Å². The minimum Gasteiger partial charge on any atom is -0.399 e. The maximum Gasteiger partial charge on any atom is 0.0931 e. The van der Waals surface area contributed by atoms with E-state index in [1.807, 2.05) is 29.9 Å². The summed E-state index contributed by atoms with van der Waals surface area (Å²) in [5, 5.41) is 5.61. The Kier molecular flexibility index (Phi) is 2.33. The van der Waals surface area contributed by atoms with Gasteiger partial charge >= 0.3 is 0 Å². The summed E-state index contributed by atoms with van der Waals surface area (Å²) in [6.07, 6.45) is 0. The highest BCUT2D eigenvalue weighted by Crippen LogP contribution is 2.29. The molecule has 0 saturated carbocycles. The molecule has 0 radical (unpaired) electrons. The third-order valence-electron chi connectivity index (χ3n) is 3.18. The van der Waals surface area contributed by atoms with E-state index in [-0.39, 0.29) is 0 Å². The summed E-state index contributed by atoms with van der Waals surface area (Å²) >= 11 is 0. The fourth-order valence-corrected chi connectivity index (χ4v) is 2.27. The quantitative estimate of drug-likeness (QED) is 0.661. The molecule has 0 aliphatic heterocycles. The zero-order valence-electron chi connectivity index (χ0n) is 10.5. The van der Waals surface area contributed by atoms with Crippen LogP contribution in [0.25, 0.3) is 22.2 Å². The van der Waals surface area contributed by atoms with E-state index in [0.717, 1.165) is 27.8 Å². The van der Waals surface area contributed by atoms with Crippen LogP contribution in [0.2, 0.25) is 0 Å². The highest BCUT2D eigenvalue weighted by atomic mass is 15.3. The van der Waals surface area contributed by atoms with Crippen LogP contribution in [0.5, 0.6) is 0 Å². The topological polar surface area (TPSA) is 43.8 Å². The van der Waals surface area contributed by atoms with E-state index >= 15 is 0 Å². The maximum absolute atomic E-state index is 5.87. The molecule has 0 aliphatic rings. The predicted octanol–water partition coefficient (Wildman–Crippen LogP) is 3.13. The summed E-state index contributed by atoms with van der Waals surface area (Å²) < 4.78 is 1.91. The molecule has 0 bridgehead atoms. The van der Waals surface area contributed by atoms with Crippen molar-refractivity contribution in [1.82, 2.24) is 9.78 Å². The number of rotatable bonds is 1. The van der Waals surface area contributed by atoms with E-state index in [1.54, 1.807) is 0 Å². The van der Waals surface area contributed by atoms with Gasteiger partial charge in [-0.2, -0.15) is 5.10 Å². The smallest absolute Gasteiger partial charge is 0.0931 e. The fraction of sp³-hybridized carbons (Fsp3) is 0.133. The van der Waals surface area contributed by atoms with E-state index < -0.39 is 0 Å². The second-order valence-corrected chi connectivity index (χ2v) is 4.61. The summed E-state index contributed by atoms with van der Waals surface area (Å²) in [6, 6.07) is 14.3. The van der Waals surface area contributed by atoms with Crippen molar-refractivity contribution in [1.29, 1.82) is 0 Å². The highest BCUT2D eigenvalue weighted by Gasteiger charge is 2.10. The lowest BCUT2D eigenvalue weighted by Crippen LogP contribution is -1.93. The van der Waals surface area contributed by atoms with Gasteiger partial charge in [0.1, 0.15) is 0 Å². The van der Waals surface area contributed by atoms with E-state index in [9.17, 15) is 0 Å². The van der Waals surface area contributed by atoms with Crippen molar-refractivity contribution < 1.29 is 0 Å². The number of nitrogens with two attached hydrogens (primary N) is 1. The molecule has 18 heavy (non-hydrogen) atoms. The van der Waals surface area contributed by atoms with E-state index in [1.165, 1.54) is 5.56 Å². The zero-order valence-corrected chi connectivity index (χ0v) is 10.5. The average molecular weight is 237 g/mol. The van der Waals surface area contributed by atoms with Crippen molar-refractivity contribution in [2.24, 2.45) is 7.05 Å². The molecule has 0 atom stereocenters. The molecule has 0 amide bonds. The SMILES string of the molecule is Cc1ccc(-c2c3cc(N)ccc3nn2C)cc1. The summed E-state index contributed by atoms with van der Waals surface area (Å²) in [4.78, 5) is 0. The van der Waals surface area contributed by atoms with Gasteiger partial charge in [0.2, 0.25) is 0 Å². The average Bonchev–Trinajstić information content (AvgIpc) is 2.66. The molecule has 3 rings (SSSR count). The standard InChI is InChI=1S/C15H15N3/c1-10-3-5-11(6-4-10)15-13-9-12(16)7-8-14(13)17-18(15)2/h3-9H,16H2,1-2H3. The Labute approximate surface area is 106 Å². The van der Waals surface area contributed by atoms with Crippen molar-refractivity contribution in [2.45, 2.75) is 6.92 Å². The zero-order chi connectivity index (χ0) is 12.7. The normalized spacial score (nSPS) is 11.0. The fourth-order valence-electron chi connectivity index (χ4n) is 2.27. The Morgan fingerprint density at radius 1 is 1.06 bits per heavy atom. The van der Waals surface area contributed by atoms with Gasteiger partial charge in [-0.05, 0) is 25.1 Å².